The van der Waals surface area contributed by atoms with Gasteiger partial charge in [-0.2, -0.15) is 0 Å². The molecule has 0 aromatic heterocycles. The third-order valence-corrected chi connectivity index (χ3v) is 4.77. The summed E-state index contributed by atoms with van der Waals surface area (Å²) in [5.74, 6) is -1.17. The average Bonchev–Trinajstić information content (AvgIpc) is 3.34. The molecule has 2 saturated carbocycles. The molecule has 1 heterocycles. The lowest BCUT2D eigenvalue weighted by atomic mass is 9.81. The van der Waals surface area contributed by atoms with Crippen LogP contribution in [0.2, 0.25) is 0 Å². The Morgan fingerprint density at radius 1 is 0.955 bits per heavy atom. The molecule has 2 N–H and O–H groups in total. The quantitative estimate of drug-likeness (QED) is 0.569. The van der Waals surface area contributed by atoms with Gasteiger partial charge in [0.1, 0.15) is 0 Å². The summed E-state index contributed by atoms with van der Waals surface area (Å²) in [6.07, 6.45) is 5.26. The smallest absolute Gasteiger partial charge is 0.241 e. The number of amides is 4. The van der Waals surface area contributed by atoms with Crippen molar-refractivity contribution >= 4 is 23.6 Å². The zero-order valence-electron chi connectivity index (χ0n) is 12.5. The highest BCUT2D eigenvalue weighted by molar-refractivity contribution is 6.05. The number of fused-ring (bicyclic) bond motifs is 1. The minimum atomic E-state index is -0.385. The van der Waals surface area contributed by atoms with E-state index in [0.29, 0.717) is 0 Å². The van der Waals surface area contributed by atoms with E-state index in [1.807, 2.05) is 0 Å². The lowest BCUT2D eigenvalue weighted by Gasteiger charge is -2.19. The van der Waals surface area contributed by atoms with Gasteiger partial charge in [-0.05, 0) is 25.7 Å². The van der Waals surface area contributed by atoms with Gasteiger partial charge in [-0.3, -0.25) is 34.9 Å². The van der Waals surface area contributed by atoms with Crippen LogP contribution in [0.3, 0.4) is 0 Å². The van der Waals surface area contributed by atoms with Crippen molar-refractivity contribution in [2.24, 2.45) is 17.8 Å². The SMILES string of the molecule is O=C(CCN1C(=O)[C@@H]2CCCC[C@H]2C1=O)NNC(=O)C1CC1. The van der Waals surface area contributed by atoms with Crippen molar-refractivity contribution in [3.05, 3.63) is 0 Å². The molecule has 3 rings (SSSR count). The summed E-state index contributed by atoms with van der Waals surface area (Å²) in [4.78, 5) is 48.8. The van der Waals surface area contributed by atoms with Crippen LogP contribution in [0.5, 0.6) is 0 Å². The standard InChI is InChI=1S/C15H21N3O4/c19-12(16-17-13(20)9-5-6-9)7-8-18-14(21)10-3-1-2-4-11(10)15(18)22/h9-11H,1-8H2,(H,16,19)(H,17,20)/t10-,11-/m1/s1. The number of likely N-dealkylation sites (tertiary alicyclic amines) is 1. The Balaban J connectivity index is 1.46. The second kappa shape index (κ2) is 6.06. The summed E-state index contributed by atoms with van der Waals surface area (Å²) in [5.41, 5.74) is 4.70. The van der Waals surface area contributed by atoms with Crippen molar-refractivity contribution in [1.29, 1.82) is 0 Å². The fraction of sp³-hybridized carbons (Fsp3) is 0.733. The number of carbonyl (C=O) groups excluding carboxylic acids is 4. The molecule has 3 aliphatic rings. The minimum Gasteiger partial charge on any atom is -0.282 e. The second-order valence-corrected chi connectivity index (χ2v) is 6.39. The van der Waals surface area contributed by atoms with Crippen LogP contribution in [0, 0.1) is 17.8 Å². The molecule has 1 aliphatic heterocycles. The van der Waals surface area contributed by atoms with Crippen molar-refractivity contribution in [3.8, 4) is 0 Å². The van der Waals surface area contributed by atoms with Gasteiger partial charge in [-0.25, -0.2) is 0 Å². The van der Waals surface area contributed by atoms with E-state index in [0.717, 1.165) is 38.5 Å². The number of imide groups is 1. The second-order valence-electron chi connectivity index (χ2n) is 6.39. The average molecular weight is 307 g/mol. The van der Waals surface area contributed by atoms with Gasteiger partial charge in [-0.15, -0.1) is 0 Å². The molecule has 7 heteroatoms. The van der Waals surface area contributed by atoms with Crippen LogP contribution >= 0.6 is 0 Å². The summed E-state index contributed by atoms with van der Waals surface area (Å²) in [6.45, 7) is 0.0931. The molecule has 0 aromatic rings. The van der Waals surface area contributed by atoms with E-state index in [1.165, 1.54) is 4.90 Å². The minimum absolute atomic E-state index is 0.0157. The summed E-state index contributed by atoms with van der Waals surface area (Å²) >= 11 is 0. The molecule has 120 valence electrons. The number of nitrogens with zero attached hydrogens (tertiary/aromatic N) is 1. The van der Waals surface area contributed by atoms with Crippen LogP contribution in [0.1, 0.15) is 44.9 Å². The van der Waals surface area contributed by atoms with Gasteiger partial charge >= 0.3 is 0 Å². The monoisotopic (exact) mass is 307 g/mol. The molecule has 2 aliphatic carbocycles. The molecule has 3 fully saturated rings. The zero-order chi connectivity index (χ0) is 15.7. The van der Waals surface area contributed by atoms with Crippen LogP contribution in [0.15, 0.2) is 0 Å². The highest BCUT2D eigenvalue weighted by Crippen LogP contribution is 2.37. The molecule has 0 radical (unpaired) electrons. The Morgan fingerprint density at radius 2 is 1.55 bits per heavy atom. The van der Waals surface area contributed by atoms with E-state index in [-0.39, 0.29) is 54.3 Å². The Hall–Kier alpha value is -1.92. The number of carbonyl (C=O) groups is 4. The molecule has 22 heavy (non-hydrogen) atoms. The fourth-order valence-electron chi connectivity index (χ4n) is 3.31. The predicted octanol–water partition coefficient (Wildman–Crippen LogP) is 0.109. The van der Waals surface area contributed by atoms with E-state index in [1.54, 1.807) is 0 Å². The highest BCUT2D eigenvalue weighted by atomic mass is 16.2. The summed E-state index contributed by atoms with van der Waals surface area (Å²) in [5, 5.41) is 0. The Morgan fingerprint density at radius 3 is 2.09 bits per heavy atom. The van der Waals surface area contributed by atoms with Gasteiger partial charge in [0.25, 0.3) is 0 Å². The first-order valence-electron chi connectivity index (χ1n) is 8.02. The van der Waals surface area contributed by atoms with Crippen molar-refractivity contribution in [2.75, 3.05) is 6.54 Å². The van der Waals surface area contributed by atoms with Crippen LogP contribution < -0.4 is 10.9 Å². The van der Waals surface area contributed by atoms with Gasteiger partial charge in [-0.1, -0.05) is 12.8 Å². The normalized spacial score (nSPS) is 27.5. The number of hydrazine groups is 1. The van der Waals surface area contributed by atoms with Crippen LogP contribution in [-0.2, 0) is 19.2 Å². The van der Waals surface area contributed by atoms with Gasteiger partial charge in [0.15, 0.2) is 0 Å². The Kier molecular flexibility index (Phi) is 4.13. The third-order valence-electron chi connectivity index (χ3n) is 4.77. The summed E-state index contributed by atoms with van der Waals surface area (Å²) in [7, 11) is 0. The molecule has 0 aromatic carbocycles. The number of hydrogen-bond acceptors (Lipinski definition) is 4. The first-order chi connectivity index (χ1) is 10.6. The summed E-state index contributed by atoms with van der Waals surface area (Å²) < 4.78 is 0. The molecule has 7 nitrogen and oxygen atoms in total. The topological polar surface area (TPSA) is 95.6 Å². The molecule has 1 saturated heterocycles. The van der Waals surface area contributed by atoms with Crippen molar-refractivity contribution in [1.82, 2.24) is 15.8 Å². The maximum absolute atomic E-state index is 12.2. The Labute approximate surface area is 128 Å². The number of nitrogens with one attached hydrogen (secondary N) is 2. The largest absolute Gasteiger partial charge is 0.282 e. The van der Waals surface area contributed by atoms with Gasteiger partial charge < -0.3 is 0 Å². The Bertz CT molecular complexity index is 491. The molecule has 0 spiro atoms. The van der Waals surface area contributed by atoms with E-state index in [4.69, 9.17) is 0 Å². The van der Waals surface area contributed by atoms with Crippen LogP contribution in [-0.4, -0.2) is 35.1 Å². The first-order valence-corrected chi connectivity index (χ1v) is 8.02. The van der Waals surface area contributed by atoms with Gasteiger partial charge in [0.2, 0.25) is 23.6 Å². The van der Waals surface area contributed by atoms with Crippen molar-refractivity contribution in [3.63, 3.8) is 0 Å². The molecule has 0 unspecified atom stereocenters. The van der Waals surface area contributed by atoms with E-state index < -0.39 is 0 Å². The molecule has 0 bridgehead atoms. The van der Waals surface area contributed by atoms with Gasteiger partial charge in [0, 0.05) is 18.9 Å². The van der Waals surface area contributed by atoms with Crippen LogP contribution in [0.4, 0.5) is 0 Å². The van der Waals surface area contributed by atoms with Crippen molar-refractivity contribution < 1.29 is 19.2 Å². The molecular formula is C15H21N3O4. The summed E-state index contributed by atoms with van der Waals surface area (Å²) in [6, 6.07) is 0. The number of hydrogen-bond donors (Lipinski definition) is 2. The van der Waals surface area contributed by atoms with Gasteiger partial charge in [0.05, 0.1) is 11.8 Å². The molecule has 4 amide bonds. The molecular weight excluding hydrogens is 286 g/mol. The lowest BCUT2D eigenvalue weighted by molar-refractivity contribution is -0.140. The lowest BCUT2D eigenvalue weighted by Crippen LogP contribution is -2.44. The fourth-order valence-corrected chi connectivity index (χ4v) is 3.31. The number of rotatable bonds is 4. The highest BCUT2D eigenvalue weighted by Gasteiger charge is 2.47. The van der Waals surface area contributed by atoms with E-state index in [9.17, 15) is 19.2 Å². The predicted molar refractivity (Wildman–Crippen MR) is 75.8 cm³/mol. The molecule has 2 atom stereocenters. The maximum Gasteiger partial charge on any atom is 0.241 e. The van der Waals surface area contributed by atoms with E-state index >= 15 is 0 Å². The van der Waals surface area contributed by atoms with Crippen LogP contribution in [0.25, 0.3) is 0 Å². The first kappa shape index (κ1) is 15.0. The van der Waals surface area contributed by atoms with Crippen molar-refractivity contribution in [2.45, 2.75) is 44.9 Å². The third kappa shape index (κ3) is 2.98. The zero-order valence-corrected chi connectivity index (χ0v) is 12.5. The van der Waals surface area contributed by atoms with E-state index in [2.05, 4.69) is 10.9 Å². The maximum atomic E-state index is 12.2.